The van der Waals surface area contributed by atoms with Gasteiger partial charge in [-0.25, -0.2) is 4.98 Å². The molecule has 0 spiro atoms. The number of anilines is 1. The monoisotopic (exact) mass is 307 g/mol. The summed E-state index contributed by atoms with van der Waals surface area (Å²) in [6, 6.07) is 10.8. The van der Waals surface area contributed by atoms with Crippen molar-refractivity contribution in [3.63, 3.8) is 0 Å². The lowest BCUT2D eigenvalue weighted by Crippen LogP contribution is -2.45. The topological polar surface area (TPSA) is 19.4 Å². The highest BCUT2D eigenvalue weighted by molar-refractivity contribution is 5.62. The van der Waals surface area contributed by atoms with Crippen molar-refractivity contribution in [2.24, 2.45) is 0 Å². The number of aromatic nitrogens is 1. The zero-order valence-electron chi connectivity index (χ0n) is 14.3. The molecule has 3 rings (SSSR count). The number of benzene rings is 1. The van der Waals surface area contributed by atoms with Gasteiger partial charge in [-0.2, -0.15) is 0 Å². The second-order valence-corrected chi connectivity index (χ2v) is 6.44. The van der Waals surface area contributed by atoms with Gasteiger partial charge in [-0.05, 0) is 37.5 Å². The summed E-state index contributed by atoms with van der Waals surface area (Å²) in [5.74, 6) is 1.12. The molecule has 3 nitrogen and oxygen atoms in total. The van der Waals surface area contributed by atoms with Crippen LogP contribution in [0, 0.1) is 20.8 Å². The molecule has 0 unspecified atom stereocenters. The van der Waals surface area contributed by atoms with Gasteiger partial charge in [0.15, 0.2) is 0 Å². The van der Waals surface area contributed by atoms with Gasteiger partial charge in [0.2, 0.25) is 0 Å². The summed E-state index contributed by atoms with van der Waals surface area (Å²) in [5.41, 5.74) is 6.10. The number of aryl methyl sites for hydroxylation is 3. The number of pyridine rings is 1. The fourth-order valence-corrected chi connectivity index (χ4v) is 3.16. The first-order valence-corrected chi connectivity index (χ1v) is 8.23. The smallest absolute Gasteiger partial charge is 0.131 e. The lowest BCUT2D eigenvalue weighted by molar-refractivity contribution is 0.366. The first kappa shape index (κ1) is 15.6. The van der Waals surface area contributed by atoms with E-state index in [0.717, 1.165) is 37.7 Å². The minimum absolute atomic E-state index is 0.988. The van der Waals surface area contributed by atoms with Crippen molar-refractivity contribution in [1.29, 1.82) is 0 Å². The van der Waals surface area contributed by atoms with E-state index < -0.39 is 0 Å². The van der Waals surface area contributed by atoms with E-state index >= 15 is 0 Å². The van der Waals surface area contributed by atoms with E-state index in [1.54, 1.807) is 0 Å². The van der Waals surface area contributed by atoms with Crippen molar-refractivity contribution in [3.05, 3.63) is 65.4 Å². The average molecular weight is 307 g/mol. The minimum Gasteiger partial charge on any atom is -0.368 e. The molecule has 1 fully saturated rings. The van der Waals surface area contributed by atoms with Crippen molar-refractivity contribution in [2.75, 3.05) is 31.1 Å². The van der Waals surface area contributed by atoms with Gasteiger partial charge in [0.1, 0.15) is 5.82 Å². The van der Waals surface area contributed by atoms with E-state index in [1.165, 1.54) is 22.3 Å². The molecule has 0 saturated carbocycles. The molecule has 3 heteroatoms. The predicted octanol–water partition coefficient (Wildman–Crippen LogP) is 3.80. The molecule has 0 radical (unpaired) electrons. The van der Waals surface area contributed by atoms with Crippen LogP contribution in [-0.2, 0) is 0 Å². The first-order valence-electron chi connectivity index (χ1n) is 8.23. The molecule has 1 aromatic carbocycles. The molecule has 2 heterocycles. The molecule has 0 atom stereocenters. The summed E-state index contributed by atoms with van der Waals surface area (Å²) in [6.45, 7) is 14.6. The minimum atomic E-state index is 0.988. The van der Waals surface area contributed by atoms with Crippen LogP contribution in [0.1, 0.15) is 22.3 Å². The fourth-order valence-electron chi connectivity index (χ4n) is 3.16. The molecule has 23 heavy (non-hydrogen) atoms. The molecule has 1 aromatic heterocycles. The van der Waals surface area contributed by atoms with Crippen molar-refractivity contribution in [2.45, 2.75) is 20.8 Å². The van der Waals surface area contributed by atoms with Gasteiger partial charge in [0, 0.05) is 38.1 Å². The van der Waals surface area contributed by atoms with Gasteiger partial charge in [-0.1, -0.05) is 42.5 Å². The van der Waals surface area contributed by atoms with Gasteiger partial charge in [0.05, 0.1) is 0 Å². The standard InChI is InChI=1S/C20H25N3/c1-15-5-7-19(8-6-15)18(4)22-9-11-23(12-10-22)20-17(3)13-16(2)14-21-20/h5-8,13-14H,4,9-12H2,1-3H3. The first-order chi connectivity index (χ1) is 11.0. The summed E-state index contributed by atoms with van der Waals surface area (Å²) in [4.78, 5) is 9.39. The van der Waals surface area contributed by atoms with Gasteiger partial charge < -0.3 is 9.80 Å². The third kappa shape index (κ3) is 3.39. The number of nitrogens with zero attached hydrogens (tertiary/aromatic N) is 3. The molecule has 0 aliphatic carbocycles. The Kier molecular flexibility index (Phi) is 4.37. The maximum atomic E-state index is 4.62. The van der Waals surface area contributed by atoms with Crippen LogP contribution in [0.2, 0.25) is 0 Å². The molecule has 0 bridgehead atoms. The number of hydrogen-bond acceptors (Lipinski definition) is 3. The Bertz CT molecular complexity index is 695. The largest absolute Gasteiger partial charge is 0.368 e. The number of rotatable bonds is 3. The van der Waals surface area contributed by atoms with Crippen LogP contribution in [-0.4, -0.2) is 36.1 Å². The Balaban J connectivity index is 1.66. The fraction of sp³-hybridized carbons (Fsp3) is 0.350. The Labute approximate surface area is 139 Å². The third-order valence-corrected chi connectivity index (χ3v) is 4.53. The molecule has 1 saturated heterocycles. The Morgan fingerprint density at radius 3 is 2.22 bits per heavy atom. The van der Waals surface area contributed by atoms with Crippen LogP contribution >= 0.6 is 0 Å². The summed E-state index contributed by atoms with van der Waals surface area (Å²) in [6.07, 6.45) is 1.96. The van der Waals surface area contributed by atoms with Crippen LogP contribution in [0.25, 0.3) is 5.70 Å². The highest BCUT2D eigenvalue weighted by Crippen LogP contribution is 2.23. The zero-order chi connectivity index (χ0) is 16.4. The van der Waals surface area contributed by atoms with Gasteiger partial charge in [-0.3, -0.25) is 0 Å². The molecular weight excluding hydrogens is 282 g/mol. The molecular formula is C20H25N3. The second kappa shape index (κ2) is 6.45. The van der Waals surface area contributed by atoms with Crippen LogP contribution < -0.4 is 4.90 Å². The molecule has 0 N–H and O–H groups in total. The Morgan fingerprint density at radius 1 is 0.957 bits per heavy atom. The van der Waals surface area contributed by atoms with Gasteiger partial charge >= 0.3 is 0 Å². The molecule has 0 amide bonds. The van der Waals surface area contributed by atoms with Crippen LogP contribution in [0.15, 0.2) is 43.1 Å². The van der Waals surface area contributed by atoms with E-state index in [0.29, 0.717) is 0 Å². The quantitative estimate of drug-likeness (QED) is 0.860. The highest BCUT2D eigenvalue weighted by Gasteiger charge is 2.20. The maximum absolute atomic E-state index is 4.62. The molecule has 2 aromatic rings. The summed E-state index contributed by atoms with van der Waals surface area (Å²) in [7, 11) is 0. The molecule has 1 aliphatic heterocycles. The third-order valence-electron chi connectivity index (χ3n) is 4.53. The molecule has 120 valence electrons. The van der Waals surface area contributed by atoms with Crippen LogP contribution in [0.5, 0.6) is 0 Å². The average Bonchev–Trinajstić information content (AvgIpc) is 2.55. The summed E-state index contributed by atoms with van der Waals surface area (Å²) < 4.78 is 0. The van der Waals surface area contributed by atoms with E-state index in [2.05, 4.69) is 72.5 Å². The number of piperazine rings is 1. The van der Waals surface area contributed by atoms with Crippen LogP contribution in [0.3, 0.4) is 0 Å². The maximum Gasteiger partial charge on any atom is 0.131 e. The Hall–Kier alpha value is -2.29. The van der Waals surface area contributed by atoms with E-state index in [-0.39, 0.29) is 0 Å². The molecule has 1 aliphatic rings. The normalized spacial score (nSPS) is 14.9. The summed E-state index contributed by atoms with van der Waals surface area (Å²) >= 11 is 0. The van der Waals surface area contributed by atoms with Crippen molar-refractivity contribution in [1.82, 2.24) is 9.88 Å². The second-order valence-electron chi connectivity index (χ2n) is 6.44. The highest BCUT2D eigenvalue weighted by atomic mass is 15.3. The van der Waals surface area contributed by atoms with Crippen molar-refractivity contribution in [3.8, 4) is 0 Å². The Morgan fingerprint density at radius 2 is 1.61 bits per heavy atom. The van der Waals surface area contributed by atoms with Crippen molar-refractivity contribution < 1.29 is 0 Å². The van der Waals surface area contributed by atoms with E-state index in [9.17, 15) is 0 Å². The lowest BCUT2D eigenvalue weighted by Gasteiger charge is -2.38. The van der Waals surface area contributed by atoms with Crippen molar-refractivity contribution >= 4 is 11.5 Å². The van der Waals surface area contributed by atoms with E-state index in [4.69, 9.17) is 0 Å². The van der Waals surface area contributed by atoms with Gasteiger partial charge in [-0.15, -0.1) is 0 Å². The zero-order valence-corrected chi connectivity index (χ0v) is 14.3. The summed E-state index contributed by atoms with van der Waals surface area (Å²) in [5, 5.41) is 0. The SMILES string of the molecule is C=C(c1ccc(C)cc1)N1CCN(c2ncc(C)cc2C)CC1. The number of hydrogen-bond donors (Lipinski definition) is 0. The van der Waals surface area contributed by atoms with Crippen LogP contribution in [0.4, 0.5) is 5.82 Å². The van der Waals surface area contributed by atoms with Gasteiger partial charge in [0.25, 0.3) is 0 Å². The predicted molar refractivity (Wildman–Crippen MR) is 97.7 cm³/mol. The lowest BCUT2D eigenvalue weighted by atomic mass is 10.1. The van der Waals surface area contributed by atoms with E-state index in [1.807, 2.05) is 6.20 Å².